The first-order valence-electron chi connectivity index (χ1n) is 10.1. The third-order valence-electron chi connectivity index (χ3n) is 5.52. The summed E-state index contributed by atoms with van der Waals surface area (Å²) in [7, 11) is 0. The van der Waals surface area contributed by atoms with Crippen molar-refractivity contribution >= 4 is 11.7 Å². The second kappa shape index (κ2) is 8.20. The predicted octanol–water partition coefficient (Wildman–Crippen LogP) is 2.87. The molecule has 3 heterocycles. The number of likely N-dealkylation sites (tertiary alicyclic amines) is 1. The molecule has 0 aliphatic carbocycles. The average Bonchev–Trinajstić information content (AvgIpc) is 3.19. The van der Waals surface area contributed by atoms with E-state index in [4.69, 9.17) is 5.73 Å². The fourth-order valence-electron chi connectivity index (χ4n) is 3.91. The zero-order valence-corrected chi connectivity index (χ0v) is 17.2. The Bertz CT molecular complexity index is 1080. The maximum atomic E-state index is 12.9. The molecule has 1 amide bonds. The zero-order valence-electron chi connectivity index (χ0n) is 17.2. The number of aromatic nitrogens is 3. The highest BCUT2D eigenvalue weighted by Crippen LogP contribution is 2.33. The first-order chi connectivity index (χ1) is 14.5. The number of nitrogens with two attached hydrogens (primary N) is 1. The number of aliphatic hydroxyl groups is 1. The summed E-state index contributed by atoms with van der Waals surface area (Å²) < 4.78 is 0. The van der Waals surface area contributed by atoms with Gasteiger partial charge in [-0.25, -0.2) is 15.0 Å². The molecule has 7 nitrogen and oxygen atoms in total. The van der Waals surface area contributed by atoms with E-state index in [1.165, 1.54) is 0 Å². The summed E-state index contributed by atoms with van der Waals surface area (Å²) in [4.78, 5) is 27.8. The molecule has 1 aliphatic heterocycles. The number of carbonyl (C=O) groups excluding carboxylic acids is 1. The van der Waals surface area contributed by atoms with Gasteiger partial charge in [-0.15, -0.1) is 0 Å². The SMILES string of the molecule is CCc1ncnc(-c2ccc(C(=O)N3CC[C@@H](O)C3)c(C)c2)c1-c1ccc(N)nc1. The molecule has 0 bridgehead atoms. The van der Waals surface area contributed by atoms with E-state index >= 15 is 0 Å². The Morgan fingerprint density at radius 2 is 2.00 bits per heavy atom. The highest BCUT2D eigenvalue weighted by atomic mass is 16.3. The minimum atomic E-state index is -0.432. The van der Waals surface area contributed by atoms with Gasteiger partial charge in [0.2, 0.25) is 0 Å². The van der Waals surface area contributed by atoms with Gasteiger partial charge in [0.05, 0.1) is 17.5 Å². The second-order valence-corrected chi connectivity index (χ2v) is 7.59. The van der Waals surface area contributed by atoms with Gasteiger partial charge in [-0.1, -0.05) is 13.0 Å². The molecular formula is C23H25N5O2. The summed E-state index contributed by atoms with van der Waals surface area (Å²) in [6.07, 6.45) is 4.26. The van der Waals surface area contributed by atoms with E-state index in [1.54, 1.807) is 23.5 Å². The van der Waals surface area contributed by atoms with Crippen molar-refractivity contribution in [2.45, 2.75) is 32.8 Å². The molecule has 3 aromatic rings. The maximum Gasteiger partial charge on any atom is 0.254 e. The van der Waals surface area contributed by atoms with Gasteiger partial charge in [0.25, 0.3) is 5.91 Å². The van der Waals surface area contributed by atoms with Gasteiger partial charge in [-0.3, -0.25) is 4.79 Å². The third kappa shape index (κ3) is 3.76. The number of β-amino-alcohol motifs (C(OH)–C–C–N with tert-alkyl or cyclic N) is 1. The van der Waals surface area contributed by atoms with Gasteiger partial charge in [0.15, 0.2) is 0 Å². The van der Waals surface area contributed by atoms with Gasteiger partial charge in [0, 0.05) is 41.5 Å². The summed E-state index contributed by atoms with van der Waals surface area (Å²) in [6.45, 7) is 4.95. The Balaban J connectivity index is 1.75. The summed E-state index contributed by atoms with van der Waals surface area (Å²) in [6, 6.07) is 9.44. The molecule has 30 heavy (non-hydrogen) atoms. The molecule has 7 heteroatoms. The Hall–Kier alpha value is -3.32. The largest absolute Gasteiger partial charge is 0.391 e. The monoisotopic (exact) mass is 403 g/mol. The number of amides is 1. The molecule has 1 aromatic carbocycles. The molecule has 3 N–H and O–H groups in total. The van der Waals surface area contributed by atoms with Crippen LogP contribution < -0.4 is 5.73 Å². The molecule has 1 atom stereocenters. The van der Waals surface area contributed by atoms with Crippen LogP contribution in [0.2, 0.25) is 0 Å². The van der Waals surface area contributed by atoms with Crippen LogP contribution in [0.1, 0.15) is 35.0 Å². The number of nitrogens with zero attached hydrogens (tertiary/aromatic N) is 4. The van der Waals surface area contributed by atoms with Crippen molar-refractivity contribution in [2.75, 3.05) is 18.8 Å². The van der Waals surface area contributed by atoms with Crippen molar-refractivity contribution in [3.63, 3.8) is 0 Å². The van der Waals surface area contributed by atoms with Crippen LogP contribution in [0.4, 0.5) is 5.82 Å². The van der Waals surface area contributed by atoms with Crippen LogP contribution in [0.5, 0.6) is 0 Å². The topological polar surface area (TPSA) is 105 Å². The maximum absolute atomic E-state index is 12.9. The normalized spacial score (nSPS) is 16.1. The number of benzene rings is 1. The molecule has 0 spiro atoms. The Labute approximate surface area is 175 Å². The Kier molecular flexibility index (Phi) is 5.46. The quantitative estimate of drug-likeness (QED) is 0.694. The number of carbonyl (C=O) groups is 1. The van der Waals surface area contributed by atoms with Crippen molar-refractivity contribution < 1.29 is 9.90 Å². The van der Waals surface area contributed by atoms with Crippen molar-refractivity contribution in [1.29, 1.82) is 0 Å². The van der Waals surface area contributed by atoms with Gasteiger partial charge in [-0.2, -0.15) is 0 Å². The predicted molar refractivity (Wildman–Crippen MR) is 116 cm³/mol. The summed E-state index contributed by atoms with van der Waals surface area (Å²) in [5, 5.41) is 9.74. The van der Waals surface area contributed by atoms with Crippen LogP contribution in [0.15, 0.2) is 42.9 Å². The highest BCUT2D eigenvalue weighted by molar-refractivity contribution is 5.96. The minimum Gasteiger partial charge on any atom is -0.391 e. The molecule has 0 unspecified atom stereocenters. The lowest BCUT2D eigenvalue weighted by molar-refractivity contribution is 0.0764. The van der Waals surface area contributed by atoms with E-state index in [1.807, 2.05) is 31.2 Å². The van der Waals surface area contributed by atoms with Gasteiger partial charge < -0.3 is 15.7 Å². The van der Waals surface area contributed by atoms with Crippen LogP contribution in [0, 0.1) is 6.92 Å². The molecule has 1 fully saturated rings. The van der Waals surface area contributed by atoms with E-state index < -0.39 is 6.10 Å². The van der Waals surface area contributed by atoms with Gasteiger partial charge >= 0.3 is 0 Å². The molecular weight excluding hydrogens is 378 g/mol. The lowest BCUT2D eigenvalue weighted by Crippen LogP contribution is -2.30. The van der Waals surface area contributed by atoms with Crippen molar-refractivity contribution in [1.82, 2.24) is 19.9 Å². The van der Waals surface area contributed by atoms with Gasteiger partial charge in [0.1, 0.15) is 12.1 Å². The fourth-order valence-corrected chi connectivity index (χ4v) is 3.91. The van der Waals surface area contributed by atoms with Crippen molar-refractivity contribution in [2.24, 2.45) is 0 Å². The Morgan fingerprint density at radius 3 is 2.63 bits per heavy atom. The number of pyridine rings is 1. The molecule has 154 valence electrons. The summed E-state index contributed by atoms with van der Waals surface area (Å²) in [5.74, 6) is 0.413. The smallest absolute Gasteiger partial charge is 0.254 e. The van der Waals surface area contributed by atoms with Gasteiger partial charge in [-0.05, 0) is 49.6 Å². The zero-order chi connectivity index (χ0) is 21.3. The first-order valence-corrected chi connectivity index (χ1v) is 10.1. The number of hydrogen-bond donors (Lipinski definition) is 2. The summed E-state index contributed by atoms with van der Waals surface area (Å²) in [5.41, 5.74) is 11.7. The molecule has 4 rings (SSSR count). The van der Waals surface area contributed by atoms with E-state index in [2.05, 4.69) is 21.9 Å². The van der Waals surface area contributed by atoms with Crippen molar-refractivity contribution in [3.8, 4) is 22.4 Å². The van der Waals surface area contributed by atoms with Crippen molar-refractivity contribution in [3.05, 3.63) is 59.7 Å². The number of hydrogen-bond acceptors (Lipinski definition) is 6. The van der Waals surface area contributed by atoms with Crippen LogP contribution in [-0.2, 0) is 6.42 Å². The third-order valence-corrected chi connectivity index (χ3v) is 5.52. The average molecular weight is 403 g/mol. The molecule has 1 aliphatic rings. The second-order valence-electron chi connectivity index (χ2n) is 7.59. The van der Waals surface area contributed by atoms with E-state index in [0.717, 1.165) is 40.1 Å². The lowest BCUT2D eigenvalue weighted by Gasteiger charge is -2.18. The van der Waals surface area contributed by atoms with Crippen LogP contribution in [0.3, 0.4) is 0 Å². The van der Waals surface area contributed by atoms with Crippen LogP contribution >= 0.6 is 0 Å². The van der Waals surface area contributed by atoms with E-state index in [9.17, 15) is 9.90 Å². The molecule has 1 saturated heterocycles. The number of anilines is 1. The number of nitrogen functional groups attached to an aromatic ring is 1. The number of aryl methyl sites for hydroxylation is 2. The Morgan fingerprint density at radius 1 is 1.20 bits per heavy atom. The fraction of sp³-hybridized carbons (Fsp3) is 0.304. The highest BCUT2D eigenvalue weighted by Gasteiger charge is 2.26. The minimum absolute atomic E-state index is 0.0458. The van der Waals surface area contributed by atoms with E-state index in [-0.39, 0.29) is 5.91 Å². The molecule has 2 aromatic heterocycles. The summed E-state index contributed by atoms with van der Waals surface area (Å²) >= 11 is 0. The molecule has 0 saturated carbocycles. The molecule has 0 radical (unpaired) electrons. The van der Waals surface area contributed by atoms with Crippen LogP contribution in [-0.4, -0.2) is 50.1 Å². The number of aliphatic hydroxyl groups excluding tert-OH is 1. The lowest BCUT2D eigenvalue weighted by atomic mass is 9.95. The number of rotatable bonds is 4. The first kappa shape index (κ1) is 20.0. The van der Waals surface area contributed by atoms with Crippen LogP contribution in [0.25, 0.3) is 22.4 Å². The standard InChI is InChI=1S/C23H25N5O2/c1-3-19-21(16-5-7-20(24)25-11-16)22(27-13-26-19)15-4-6-18(14(2)10-15)23(30)28-9-8-17(29)12-28/h4-7,10-11,13,17,29H,3,8-9,12H2,1-2H3,(H2,24,25)/t17-/m1/s1. The van der Waals surface area contributed by atoms with E-state index in [0.29, 0.717) is 30.9 Å².